The molecule has 0 aromatic carbocycles. The number of rotatable bonds is 4. The summed E-state index contributed by atoms with van der Waals surface area (Å²) in [4.78, 5) is 9.39. The molecular formula is C14H22ClN3. The van der Waals surface area contributed by atoms with E-state index < -0.39 is 0 Å². The van der Waals surface area contributed by atoms with E-state index in [1.54, 1.807) is 0 Å². The summed E-state index contributed by atoms with van der Waals surface area (Å²) < 4.78 is 0. The van der Waals surface area contributed by atoms with Crippen LogP contribution in [0.2, 0.25) is 0 Å². The van der Waals surface area contributed by atoms with Crippen molar-refractivity contribution in [1.82, 2.24) is 9.88 Å². The lowest BCUT2D eigenvalue weighted by atomic mass is 10.2. The minimum absolute atomic E-state index is 0.542. The predicted octanol–water partition coefficient (Wildman–Crippen LogP) is 2.66. The molecule has 1 unspecified atom stereocenters. The molecule has 0 aliphatic carbocycles. The Morgan fingerprint density at radius 3 is 2.83 bits per heavy atom. The van der Waals surface area contributed by atoms with E-state index >= 15 is 0 Å². The van der Waals surface area contributed by atoms with Crippen LogP contribution in [0.15, 0.2) is 12.1 Å². The summed E-state index contributed by atoms with van der Waals surface area (Å²) in [5, 5.41) is 0. The number of aryl methyl sites for hydroxylation is 1. The van der Waals surface area contributed by atoms with E-state index in [1.165, 1.54) is 12.8 Å². The molecule has 2 rings (SSSR count). The summed E-state index contributed by atoms with van der Waals surface area (Å²) in [5.41, 5.74) is 2.18. The van der Waals surface area contributed by atoms with Gasteiger partial charge in [-0.25, -0.2) is 4.98 Å². The monoisotopic (exact) mass is 267 g/mol. The van der Waals surface area contributed by atoms with Crippen molar-refractivity contribution in [3.63, 3.8) is 0 Å². The Balaban J connectivity index is 2.17. The Bertz CT molecular complexity index is 406. The first-order chi connectivity index (χ1) is 8.61. The van der Waals surface area contributed by atoms with E-state index in [-0.39, 0.29) is 0 Å². The van der Waals surface area contributed by atoms with E-state index in [2.05, 4.69) is 36.0 Å². The van der Waals surface area contributed by atoms with Crippen LogP contribution in [0, 0.1) is 6.92 Å². The van der Waals surface area contributed by atoms with Crippen molar-refractivity contribution < 1.29 is 0 Å². The molecule has 1 aliphatic rings. The number of anilines is 1. The van der Waals surface area contributed by atoms with Crippen LogP contribution >= 0.6 is 11.6 Å². The minimum Gasteiger partial charge on any atom is -0.352 e. The van der Waals surface area contributed by atoms with Crippen LogP contribution in [0.1, 0.15) is 24.1 Å². The number of likely N-dealkylation sites (N-methyl/N-ethyl adjacent to an activating group) is 1. The smallest absolute Gasteiger partial charge is 0.129 e. The van der Waals surface area contributed by atoms with E-state index in [9.17, 15) is 0 Å². The summed E-state index contributed by atoms with van der Waals surface area (Å²) in [7, 11) is 4.26. The molecule has 18 heavy (non-hydrogen) atoms. The zero-order valence-electron chi connectivity index (χ0n) is 11.5. The quantitative estimate of drug-likeness (QED) is 0.782. The molecule has 0 saturated carbocycles. The van der Waals surface area contributed by atoms with E-state index in [4.69, 9.17) is 16.6 Å². The number of nitrogens with zero attached hydrogens (tertiary/aromatic N) is 3. The number of hydrogen-bond acceptors (Lipinski definition) is 3. The summed E-state index contributed by atoms with van der Waals surface area (Å²) >= 11 is 5.88. The molecule has 4 heteroatoms. The topological polar surface area (TPSA) is 19.4 Å². The average molecular weight is 268 g/mol. The van der Waals surface area contributed by atoms with Crippen molar-refractivity contribution in [1.29, 1.82) is 0 Å². The highest BCUT2D eigenvalue weighted by Crippen LogP contribution is 2.25. The zero-order valence-corrected chi connectivity index (χ0v) is 12.2. The largest absolute Gasteiger partial charge is 0.352 e. The first-order valence-electron chi connectivity index (χ1n) is 6.55. The third kappa shape index (κ3) is 2.96. The molecule has 0 radical (unpaired) electrons. The van der Waals surface area contributed by atoms with Gasteiger partial charge in [0.15, 0.2) is 0 Å². The summed E-state index contributed by atoms with van der Waals surface area (Å²) in [6.45, 7) is 4.25. The van der Waals surface area contributed by atoms with Crippen LogP contribution in [-0.2, 0) is 5.88 Å². The Hall–Kier alpha value is -0.800. The van der Waals surface area contributed by atoms with Crippen molar-refractivity contribution in [2.24, 2.45) is 0 Å². The normalized spacial score (nSPS) is 19.8. The highest BCUT2D eigenvalue weighted by Gasteiger charge is 2.26. The van der Waals surface area contributed by atoms with Gasteiger partial charge in [-0.15, -0.1) is 11.6 Å². The van der Waals surface area contributed by atoms with Crippen LogP contribution in [0.4, 0.5) is 5.82 Å². The fourth-order valence-corrected chi connectivity index (χ4v) is 2.91. The van der Waals surface area contributed by atoms with E-state index in [0.717, 1.165) is 30.2 Å². The molecule has 1 aromatic heterocycles. The minimum atomic E-state index is 0.542. The molecule has 0 spiro atoms. The van der Waals surface area contributed by atoms with Gasteiger partial charge in [0, 0.05) is 30.7 Å². The Morgan fingerprint density at radius 2 is 2.22 bits per heavy atom. The maximum absolute atomic E-state index is 5.88. The van der Waals surface area contributed by atoms with Gasteiger partial charge in [0.05, 0.1) is 0 Å². The average Bonchev–Trinajstić information content (AvgIpc) is 2.76. The highest BCUT2D eigenvalue weighted by atomic mass is 35.5. The van der Waals surface area contributed by atoms with Gasteiger partial charge < -0.3 is 9.80 Å². The van der Waals surface area contributed by atoms with Gasteiger partial charge in [-0.2, -0.15) is 0 Å². The van der Waals surface area contributed by atoms with Gasteiger partial charge in [0.1, 0.15) is 5.82 Å². The predicted molar refractivity (Wildman–Crippen MR) is 77.5 cm³/mol. The molecule has 3 nitrogen and oxygen atoms in total. The van der Waals surface area contributed by atoms with Gasteiger partial charge in [-0.3, -0.25) is 0 Å². The number of aromatic nitrogens is 1. The van der Waals surface area contributed by atoms with E-state index in [1.807, 2.05) is 6.92 Å². The van der Waals surface area contributed by atoms with Crippen molar-refractivity contribution in [2.45, 2.75) is 31.7 Å². The van der Waals surface area contributed by atoms with Crippen LogP contribution in [-0.4, -0.2) is 43.1 Å². The molecule has 1 fully saturated rings. The number of hydrogen-bond donors (Lipinski definition) is 0. The molecule has 2 heterocycles. The van der Waals surface area contributed by atoms with Crippen LogP contribution in [0.3, 0.4) is 0 Å². The molecule has 1 atom stereocenters. The van der Waals surface area contributed by atoms with Gasteiger partial charge in [0.25, 0.3) is 0 Å². The molecule has 100 valence electrons. The van der Waals surface area contributed by atoms with Crippen LogP contribution in [0.5, 0.6) is 0 Å². The van der Waals surface area contributed by atoms with Crippen LogP contribution < -0.4 is 4.90 Å². The second-order valence-electron chi connectivity index (χ2n) is 5.30. The number of alkyl halides is 1. The van der Waals surface area contributed by atoms with Crippen molar-refractivity contribution >= 4 is 17.4 Å². The third-order valence-electron chi connectivity index (χ3n) is 3.57. The summed E-state index contributed by atoms with van der Waals surface area (Å²) in [6.07, 6.45) is 2.52. The Labute approximate surface area is 115 Å². The fourth-order valence-electron chi connectivity index (χ4n) is 2.63. The molecule has 1 aromatic rings. The van der Waals surface area contributed by atoms with Gasteiger partial charge in [-0.1, -0.05) is 6.07 Å². The lowest BCUT2D eigenvalue weighted by Gasteiger charge is -2.28. The lowest BCUT2D eigenvalue weighted by Crippen LogP contribution is -2.38. The van der Waals surface area contributed by atoms with Crippen molar-refractivity contribution in [3.05, 3.63) is 23.4 Å². The number of halogens is 1. The van der Waals surface area contributed by atoms with Crippen molar-refractivity contribution in [3.8, 4) is 0 Å². The lowest BCUT2D eigenvalue weighted by molar-refractivity contribution is 0.371. The third-order valence-corrected chi connectivity index (χ3v) is 3.86. The molecule has 0 bridgehead atoms. The standard InChI is InChI=1S/C14H22ClN3/c1-11-12(9-15)6-7-14(16-11)18-8-4-5-13(18)10-17(2)3/h6-7,13H,4-5,8-10H2,1-3H3. The summed E-state index contributed by atoms with van der Waals surface area (Å²) in [6, 6.07) is 4.81. The second-order valence-corrected chi connectivity index (χ2v) is 5.57. The first-order valence-corrected chi connectivity index (χ1v) is 7.09. The van der Waals surface area contributed by atoms with Gasteiger partial charge in [-0.05, 0) is 45.5 Å². The van der Waals surface area contributed by atoms with Crippen molar-refractivity contribution in [2.75, 3.05) is 32.1 Å². The molecule has 0 amide bonds. The molecule has 1 saturated heterocycles. The summed E-state index contributed by atoms with van der Waals surface area (Å²) in [5.74, 6) is 1.64. The SMILES string of the molecule is Cc1nc(N2CCCC2CN(C)C)ccc1CCl. The Morgan fingerprint density at radius 1 is 1.44 bits per heavy atom. The van der Waals surface area contributed by atoms with Crippen LogP contribution in [0.25, 0.3) is 0 Å². The second kappa shape index (κ2) is 5.89. The van der Waals surface area contributed by atoms with E-state index in [0.29, 0.717) is 11.9 Å². The highest BCUT2D eigenvalue weighted by molar-refractivity contribution is 6.17. The Kier molecular flexibility index (Phi) is 4.46. The molecule has 0 N–H and O–H groups in total. The molecular weight excluding hydrogens is 246 g/mol. The zero-order chi connectivity index (χ0) is 13.1. The maximum atomic E-state index is 5.88. The van der Waals surface area contributed by atoms with Gasteiger partial charge in [0.2, 0.25) is 0 Å². The van der Waals surface area contributed by atoms with Gasteiger partial charge >= 0.3 is 0 Å². The fraction of sp³-hybridized carbons (Fsp3) is 0.643. The maximum Gasteiger partial charge on any atom is 0.129 e. The molecule has 1 aliphatic heterocycles. The number of pyridine rings is 1. The first kappa shape index (κ1) is 13.6.